The maximum Gasteiger partial charge on any atom is 0.418 e. The maximum atomic E-state index is 13.4. The van der Waals surface area contributed by atoms with E-state index in [9.17, 15) is 23.1 Å². The number of oxime groups is 1. The fourth-order valence-electron chi connectivity index (χ4n) is 5.87. The zero-order chi connectivity index (χ0) is 34.1. The molecule has 0 radical (unpaired) electrons. The van der Waals surface area contributed by atoms with E-state index in [1.165, 1.54) is 25.6 Å². The molecule has 2 aliphatic heterocycles. The van der Waals surface area contributed by atoms with Crippen molar-refractivity contribution in [1.29, 1.82) is 5.41 Å². The van der Waals surface area contributed by atoms with Crippen LogP contribution in [0, 0.1) is 5.41 Å². The van der Waals surface area contributed by atoms with Gasteiger partial charge in [-0.15, -0.1) is 15.6 Å². The Morgan fingerprint density at radius 1 is 1.28 bits per heavy atom. The first-order valence-corrected chi connectivity index (χ1v) is 17.4. The molecule has 1 aromatic heterocycles. The van der Waals surface area contributed by atoms with E-state index in [0.29, 0.717) is 35.5 Å². The van der Waals surface area contributed by atoms with Crippen LogP contribution in [0.5, 0.6) is 5.75 Å². The lowest BCUT2D eigenvalue weighted by molar-refractivity contribution is -0.218. The molecule has 3 atom stereocenters. The number of aryl methyl sites for hydroxylation is 1. The molecule has 2 amide bonds. The van der Waals surface area contributed by atoms with Gasteiger partial charge in [0.2, 0.25) is 0 Å². The molecule has 1 aliphatic carbocycles. The van der Waals surface area contributed by atoms with Gasteiger partial charge in [0.25, 0.3) is 11.8 Å². The minimum atomic E-state index is -4.99. The lowest BCUT2D eigenvalue weighted by atomic mass is 9.84. The first-order chi connectivity index (χ1) is 22.1. The van der Waals surface area contributed by atoms with Crippen molar-refractivity contribution in [1.82, 2.24) is 20.7 Å². The van der Waals surface area contributed by atoms with Gasteiger partial charge in [-0.1, -0.05) is 24.4 Å². The van der Waals surface area contributed by atoms with E-state index in [2.05, 4.69) is 25.1 Å². The van der Waals surface area contributed by atoms with Crippen LogP contribution in [0.15, 0.2) is 28.7 Å². The smallest absolute Gasteiger partial charge is 0.418 e. The number of ether oxygens (including phenoxy) is 1. The number of aliphatic hydroxyl groups is 1. The highest BCUT2D eigenvalue weighted by molar-refractivity contribution is 7.80. The number of amides is 2. The lowest BCUT2D eigenvalue weighted by Crippen LogP contribution is -2.76. The van der Waals surface area contributed by atoms with Crippen LogP contribution in [0.25, 0.3) is 0 Å². The number of carbonyl (C=O) groups is 2. The van der Waals surface area contributed by atoms with Crippen molar-refractivity contribution in [3.63, 3.8) is 0 Å². The summed E-state index contributed by atoms with van der Waals surface area (Å²) in [5.74, 6) is -0.883. The summed E-state index contributed by atoms with van der Waals surface area (Å²) in [5, 5.41) is 30.9. The Hall–Kier alpha value is -3.84. The molecule has 1 saturated carbocycles. The summed E-state index contributed by atoms with van der Waals surface area (Å²) in [6, 6.07) is 4.58. The molecular formula is C29H39N7O9S2. The number of β-lactam (4-membered cyclic amide) rings is 1. The number of hydrogen-bond donors (Lipinski definition) is 6. The number of amidine groups is 1. The van der Waals surface area contributed by atoms with Crippen molar-refractivity contribution in [2.24, 2.45) is 5.16 Å². The average molecular weight is 694 g/mol. The Labute approximate surface area is 276 Å². The number of nitrogens with zero attached hydrogens (tertiary/aromatic N) is 3. The summed E-state index contributed by atoms with van der Waals surface area (Å²) >= 11 is 1.03. The second kappa shape index (κ2) is 13.3. The van der Waals surface area contributed by atoms with E-state index in [1.807, 2.05) is 12.1 Å². The molecule has 1 saturated heterocycles. The van der Waals surface area contributed by atoms with Crippen LogP contribution in [0.1, 0.15) is 76.1 Å². The first-order valence-electron chi connectivity index (χ1n) is 15.2. The second-order valence-corrected chi connectivity index (χ2v) is 14.5. The van der Waals surface area contributed by atoms with Crippen LogP contribution in [0.2, 0.25) is 0 Å². The molecule has 2 aromatic rings. The molecular weight excluding hydrogens is 654 g/mol. The van der Waals surface area contributed by atoms with Gasteiger partial charge < -0.3 is 31.0 Å². The summed E-state index contributed by atoms with van der Waals surface area (Å²) in [4.78, 5) is 36.0. The van der Waals surface area contributed by atoms with Crippen LogP contribution in [0.4, 0.5) is 5.13 Å². The topological polar surface area (TPSA) is 239 Å². The molecule has 3 aliphatic rings. The zero-order valence-electron chi connectivity index (χ0n) is 26.2. The Kier molecular flexibility index (Phi) is 9.79. The minimum absolute atomic E-state index is 0.0348. The number of nitrogen functional groups attached to an aromatic ring is 1. The summed E-state index contributed by atoms with van der Waals surface area (Å²) in [5.41, 5.74) is 4.34. The minimum Gasteiger partial charge on any atom is -0.486 e. The molecule has 5 rings (SSSR count). The van der Waals surface area contributed by atoms with Gasteiger partial charge in [0.1, 0.15) is 29.4 Å². The number of nitrogens with one attached hydrogen (secondary N) is 3. The van der Waals surface area contributed by atoms with Crippen molar-refractivity contribution in [3.8, 4) is 5.75 Å². The van der Waals surface area contributed by atoms with Crippen molar-refractivity contribution < 1.29 is 41.5 Å². The van der Waals surface area contributed by atoms with Crippen LogP contribution >= 0.6 is 11.3 Å². The third-order valence-corrected chi connectivity index (χ3v) is 9.70. The molecule has 16 nitrogen and oxygen atoms in total. The van der Waals surface area contributed by atoms with Gasteiger partial charge in [-0.05, 0) is 70.2 Å². The van der Waals surface area contributed by atoms with E-state index in [0.717, 1.165) is 48.1 Å². The highest BCUT2D eigenvalue weighted by atomic mass is 32.3. The van der Waals surface area contributed by atoms with Gasteiger partial charge >= 0.3 is 10.4 Å². The SMILES string of the molecule is CC1(C)[C@H](NC(=O)/C(=N\O[C@](C)(CO)[C@H]2CCc3cc(C(=N)NC4CCCCC4)ccc3O2)c2csc(N)n2)C(=O)N1OS(=O)(=O)O. The highest BCUT2D eigenvalue weighted by Crippen LogP contribution is 2.35. The Balaban J connectivity index is 1.30. The molecule has 7 N–H and O–H groups in total. The van der Waals surface area contributed by atoms with Gasteiger partial charge in [-0.3, -0.25) is 19.6 Å². The molecule has 1 aromatic carbocycles. The summed E-state index contributed by atoms with van der Waals surface area (Å²) in [6.45, 7) is 3.88. The van der Waals surface area contributed by atoms with Crippen molar-refractivity contribution >= 4 is 50.2 Å². The van der Waals surface area contributed by atoms with E-state index in [4.69, 9.17) is 25.3 Å². The molecule has 0 spiro atoms. The quantitative estimate of drug-likeness (QED) is 0.0648. The van der Waals surface area contributed by atoms with E-state index in [1.54, 1.807) is 13.0 Å². The number of aromatic nitrogens is 1. The Morgan fingerprint density at radius 3 is 2.62 bits per heavy atom. The van der Waals surface area contributed by atoms with Crippen LogP contribution in [-0.2, 0) is 35.5 Å². The summed E-state index contributed by atoms with van der Waals surface area (Å²) in [7, 11) is -4.99. The number of benzene rings is 1. The monoisotopic (exact) mass is 693 g/mol. The molecule has 2 fully saturated rings. The summed E-state index contributed by atoms with van der Waals surface area (Å²) < 4.78 is 41.9. The van der Waals surface area contributed by atoms with Crippen LogP contribution in [0.3, 0.4) is 0 Å². The fourth-order valence-corrected chi connectivity index (χ4v) is 6.87. The summed E-state index contributed by atoms with van der Waals surface area (Å²) in [6.07, 6.45) is 6.00. The number of fused-ring (bicyclic) bond motifs is 1. The molecule has 0 bridgehead atoms. The third kappa shape index (κ3) is 7.51. The Bertz CT molecular complexity index is 1670. The molecule has 18 heteroatoms. The number of thiazole rings is 1. The van der Waals surface area contributed by atoms with Gasteiger partial charge in [-0.2, -0.15) is 13.5 Å². The number of nitrogens with two attached hydrogens (primary N) is 1. The number of hydrogen-bond acceptors (Lipinski definition) is 13. The third-order valence-electron chi connectivity index (χ3n) is 8.69. The predicted molar refractivity (Wildman–Crippen MR) is 171 cm³/mol. The fraction of sp³-hybridized carbons (Fsp3) is 0.552. The van der Waals surface area contributed by atoms with Crippen LogP contribution < -0.4 is 21.1 Å². The van der Waals surface area contributed by atoms with Gasteiger partial charge in [0, 0.05) is 17.0 Å². The number of hydroxylamine groups is 2. The number of carbonyl (C=O) groups excluding carboxylic acids is 2. The van der Waals surface area contributed by atoms with Crippen LogP contribution in [-0.4, -0.2) is 87.4 Å². The molecule has 3 heterocycles. The molecule has 0 unspecified atom stereocenters. The van der Waals surface area contributed by atoms with E-state index < -0.39 is 52.1 Å². The average Bonchev–Trinajstić information content (AvgIpc) is 3.47. The highest BCUT2D eigenvalue weighted by Gasteiger charge is 2.58. The van der Waals surface area contributed by atoms with Crippen molar-refractivity contribution in [2.75, 3.05) is 12.3 Å². The number of anilines is 1. The van der Waals surface area contributed by atoms with Gasteiger partial charge in [0.15, 0.2) is 16.4 Å². The maximum absolute atomic E-state index is 13.4. The zero-order valence-corrected chi connectivity index (χ0v) is 27.8. The number of rotatable bonds is 11. The number of aliphatic hydroxyl groups excluding tert-OH is 1. The standard InChI is InChI=1S/C29H39N7O9S2/c1-28(2)23(26(39)36(28)45-47(40,41)42)34-25(38)22(19-14-46-27(31)33-19)35-44-29(3,15-37)21-12-10-16-13-17(9-11-20(16)43-21)24(30)32-18-7-5-4-6-8-18/h9,11,13-14,18,21,23,37H,4-8,10,12,15H2,1-3H3,(H2,30,32)(H2,31,33)(H,34,38)(H,40,41,42)/b35-22-/t21-,23-,29-/m1/s1. The first kappa shape index (κ1) is 34.5. The normalized spacial score (nSPS) is 22.7. The van der Waals surface area contributed by atoms with E-state index in [-0.39, 0.29) is 16.5 Å². The van der Waals surface area contributed by atoms with Crippen molar-refractivity contribution in [2.45, 2.75) is 95.0 Å². The Morgan fingerprint density at radius 2 is 2.00 bits per heavy atom. The molecule has 47 heavy (non-hydrogen) atoms. The van der Waals surface area contributed by atoms with Crippen molar-refractivity contribution in [3.05, 3.63) is 40.4 Å². The largest absolute Gasteiger partial charge is 0.486 e. The van der Waals surface area contributed by atoms with Gasteiger partial charge in [-0.25, -0.2) is 4.98 Å². The second-order valence-electron chi connectivity index (χ2n) is 12.6. The lowest BCUT2D eigenvalue weighted by Gasteiger charge is -2.50. The predicted octanol–water partition coefficient (Wildman–Crippen LogP) is 1.68. The molecule has 256 valence electrons. The van der Waals surface area contributed by atoms with Gasteiger partial charge in [0.05, 0.1) is 12.1 Å². The van der Waals surface area contributed by atoms with E-state index >= 15 is 0 Å².